The highest BCUT2D eigenvalue weighted by molar-refractivity contribution is 9.10. The lowest BCUT2D eigenvalue weighted by Crippen LogP contribution is -2.47. The van der Waals surface area contributed by atoms with Gasteiger partial charge in [-0.05, 0) is 34.5 Å². The van der Waals surface area contributed by atoms with Gasteiger partial charge in [0, 0.05) is 38.9 Å². The summed E-state index contributed by atoms with van der Waals surface area (Å²) in [6, 6.07) is 2.10. The summed E-state index contributed by atoms with van der Waals surface area (Å²) in [4.78, 5) is 9.05. The third-order valence-corrected chi connectivity index (χ3v) is 3.63. The fourth-order valence-electron chi connectivity index (χ4n) is 2.08. The largest absolute Gasteiger partial charge is 0.395 e. The topological polar surface area (TPSA) is 39.6 Å². The zero-order valence-corrected chi connectivity index (χ0v) is 11.7. The van der Waals surface area contributed by atoms with E-state index in [0.29, 0.717) is 0 Å². The van der Waals surface area contributed by atoms with Gasteiger partial charge in [0.2, 0.25) is 0 Å². The van der Waals surface area contributed by atoms with Gasteiger partial charge in [0.1, 0.15) is 5.82 Å². The lowest BCUT2D eigenvalue weighted by molar-refractivity contribution is 0.188. The van der Waals surface area contributed by atoms with Crippen molar-refractivity contribution in [1.82, 2.24) is 9.88 Å². The Morgan fingerprint density at radius 1 is 1.35 bits per heavy atom. The van der Waals surface area contributed by atoms with Gasteiger partial charge in [0.15, 0.2) is 0 Å². The summed E-state index contributed by atoms with van der Waals surface area (Å²) in [6.07, 6.45) is 1.90. The molecule has 0 bridgehead atoms. The van der Waals surface area contributed by atoms with Gasteiger partial charge in [-0.15, -0.1) is 0 Å². The summed E-state index contributed by atoms with van der Waals surface area (Å²) in [5.41, 5.74) is 1.17. The lowest BCUT2D eigenvalue weighted by Gasteiger charge is -2.35. The number of halogens is 1. The van der Waals surface area contributed by atoms with Crippen molar-refractivity contribution in [2.24, 2.45) is 0 Å². The number of nitrogens with zero attached hydrogens (tertiary/aromatic N) is 3. The number of rotatable bonds is 3. The molecule has 0 aromatic carbocycles. The Morgan fingerprint density at radius 3 is 2.65 bits per heavy atom. The molecule has 1 fully saturated rings. The highest BCUT2D eigenvalue weighted by atomic mass is 79.9. The van der Waals surface area contributed by atoms with E-state index in [1.54, 1.807) is 0 Å². The fourth-order valence-corrected chi connectivity index (χ4v) is 2.80. The summed E-state index contributed by atoms with van der Waals surface area (Å²) >= 11 is 3.57. The maximum Gasteiger partial charge on any atom is 0.142 e. The number of hydrogen-bond acceptors (Lipinski definition) is 4. The summed E-state index contributed by atoms with van der Waals surface area (Å²) < 4.78 is 1.06. The molecule has 0 aliphatic carbocycles. The van der Waals surface area contributed by atoms with Crippen molar-refractivity contribution in [2.75, 3.05) is 44.2 Å². The Morgan fingerprint density at radius 2 is 2.06 bits per heavy atom. The van der Waals surface area contributed by atoms with E-state index in [2.05, 4.69) is 36.8 Å². The smallest absolute Gasteiger partial charge is 0.142 e. The zero-order chi connectivity index (χ0) is 12.3. The second-order valence-corrected chi connectivity index (χ2v) is 5.22. The molecular formula is C12H18BrN3O. The Balaban J connectivity index is 2.00. The molecule has 0 radical (unpaired) electrons. The highest BCUT2D eigenvalue weighted by Crippen LogP contribution is 2.25. The van der Waals surface area contributed by atoms with Crippen molar-refractivity contribution in [3.63, 3.8) is 0 Å². The van der Waals surface area contributed by atoms with E-state index in [-0.39, 0.29) is 6.61 Å². The van der Waals surface area contributed by atoms with E-state index in [0.717, 1.165) is 43.0 Å². The number of aliphatic hydroxyl groups is 1. The molecule has 5 heteroatoms. The third-order valence-electron chi connectivity index (χ3n) is 3.05. The van der Waals surface area contributed by atoms with Crippen LogP contribution in [0.25, 0.3) is 0 Å². The molecule has 1 saturated heterocycles. The number of β-amino-alcohol motifs (C(OH)–C–C–N with tert-alkyl or cyclic N) is 1. The second-order valence-electron chi connectivity index (χ2n) is 4.37. The number of hydrogen-bond donors (Lipinski definition) is 1. The number of pyridine rings is 1. The first-order valence-corrected chi connectivity index (χ1v) is 6.70. The lowest BCUT2D eigenvalue weighted by atomic mass is 10.2. The van der Waals surface area contributed by atoms with Crippen LogP contribution in [0, 0.1) is 6.92 Å². The molecule has 1 aromatic rings. The van der Waals surface area contributed by atoms with Crippen LogP contribution < -0.4 is 4.90 Å². The Labute approximate surface area is 110 Å². The first-order valence-electron chi connectivity index (χ1n) is 5.91. The minimum absolute atomic E-state index is 0.243. The average molecular weight is 300 g/mol. The molecule has 4 nitrogen and oxygen atoms in total. The van der Waals surface area contributed by atoms with Gasteiger partial charge in [-0.25, -0.2) is 4.98 Å². The normalized spacial score (nSPS) is 17.5. The van der Waals surface area contributed by atoms with E-state index in [1.165, 1.54) is 5.56 Å². The molecule has 1 N–H and O–H groups in total. The molecule has 94 valence electrons. The SMILES string of the molecule is Cc1cnc(N2CCN(CCO)CC2)c(Br)c1. The third kappa shape index (κ3) is 3.18. The van der Waals surface area contributed by atoms with Crippen molar-refractivity contribution < 1.29 is 5.11 Å². The molecule has 0 saturated carbocycles. The molecule has 2 heterocycles. The van der Waals surface area contributed by atoms with Crippen LogP contribution in [0.5, 0.6) is 0 Å². The summed E-state index contributed by atoms with van der Waals surface area (Å²) in [6.45, 7) is 6.97. The predicted molar refractivity (Wildman–Crippen MR) is 72.4 cm³/mol. The molecule has 1 aromatic heterocycles. The Bertz CT molecular complexity index is 378. The number of piperazine rings is 1. The van der Waals surface area contributed by atoms with Crippen LogP contribution in [0.2, 0.25) is 0 Å². The second kappa shape index (κ2) is 5.80. The number of aryl methyl sites for hydroxylation is 1. The molecule has 1 aliphatic rings. The summed E-state index contributed by atoms with van der Waals surface area (Å²) in [5, 5.41) is 8.90. The molecule has 0 amide bonds. The number of aromatic nitrogens is 1. The van der Waals surface area contributed by atoms with Crippen LogP contribution in [0.4, 0.5) is 5.82 Å². The van der Waals surface area contributed by atoms with Gasteiger partial charge in [0.25, 0.3) is 0 Å². The maximum absolute atomic E-state index is 8.90. The first kappa shape index (κ1) is 12.8. The van der Waals surface area contributed by atoms with Gasteiger partial charge in [0.05, 0.1) is 11.1 Å². The van der Waals surface area contributed by atoms with Gasteiger partial charge in [-0.2, -0.15) is 0 Å². The molecule has 0 atom stereocenters. The first-order chi connectivity index (χ1) is 8.20. The number of anilines is 1. The minimum Gasteiger partial charge on any atom is -0.395 e. The van der Waals surface area contributed by atoms with Gasteiger partial charge in [-0.1, -0.05) is 0 Å². The molecular weight excluding hydrogens is 282 g/mol. The predicted octanol–water partition coefficient (Wildman–Crippen LogP) is 1.27. The van der Waals surface area contributed by atoms with Crippen LogP contribution in [0.3, 0.4) is 0 Å². The summed E-state index contributed by atoms with van der Waals surface area (Å²) in [7, 11) is 0. The van der Waals surface area contributed by atoms with Crippen molar-refractivity contribution in [1.29, 1.82) is 0 Å². The monoisotopic (exact) mass is 299 g/mol. The van der Waals surface area contributed by atoms with Crippen molar-refractivity contribution >= 4 is 21.7 Å². The quantitative estimate of drug-likeness (QED) is 0.912. The molecule has 2 rings (SSSR count). The molecule has 0 unspecified atom stereocenters. The Kier molecular flexibility index (Phi) is 4.36. The standard InChI is InChI=1S/C12H18BrN3O/c1-10-8-11(13)12(14-9-10)16-4-2-15(3-5-16)6-7-17/h8-9,17H,2-7H2,1H3. The van der Waals surface area contributed by atoms with E-state index < -0.39 is 0 Å². The molecule has 17 heavy (non-hydrogen) atoms. The molecule has 1 aliphatic heterocycles. The van der Waals surface area contributed by atoms with Crippen LogP contribution in [0.15, 0.2) is 16.7 Å². The van der Waals surface area contributed by atoms with Crippen molar-refractivity contribution in [3.05, 3.63) is 22.3 Å². The van der Waals surface area contributed by atoms with Gasteiger partial charge >= 0.3 is 0 Å². The highest BCUT2D eigenvalue weighted by Gasteiger charge is 2.19. The van der Waals surface area contributed by atoms with Crippen LogP contribution in [0.1, 0.15) is 5.56 Å². The van der Waals surface area contributed by atoms with Crippen LogP contribution in [-0.4, -0.2) is 54.3 Å². The number of aliphatic hydroxyl groups excluding tert-OH is 1. The van der Waals surface area contributed by atoms with Gasteiger partial charge in [-0.3, -0.25) is 4.90 Å². The van der Waals surface area contributed by atoms with Gasteiger partial charge < -0.3 is 10.0 Å². The van der Waals surface area contributed by atoms with E-state index >= 15 is 0 Å². The van der Waals surface area contributed by atoms with Crippen LogP contribution in [-0.2, 0) is 0 Å². The Hall–Kier alpha value is -0.650. The van der Waals surface area contributed by atoms with E-state index in [1.807, 2.05) is 13.1 Å². The summed E-state index contributed by atoms with van der Waals surface area (Å²) in [5.74, 6) is 1.03. The maximum atomic E-state index is 8.90. The van der Waals surface area contributed by atoms with E-state index in [9.17, 15) is 0 Å². The molecule has 0 spiro atoms. The fraction of sp³-hybridized carbons (Fsp3) is 0.583. The zero-order valence-electron chi connectivity index (χ0n) is 10.1. The van der Waals surface area contributed by atoms with Crippen LogP contribution >= 0.6 is 15.9 Å². The average Bonchev–Trinajstić information content (AvgIpc) is 2.31. The van der Waals surface area contributed by atoms with Crippen molar-refractivity contribution in [3.8, 4) is 0 Å². The van der Waals surface area contributed by atoms with E-state index in [4.69, 9.17) is 5.11 Å². The van der Waals surface area contributed by atoms with Crippen molar-refractivity contribution in [2.45, 2.75) is 6.92 Å². The minimum atomic E-state index is 0.243.